The zero-order chi connectivity index (χ0) is 17.1. The molecular weight excluding hydrogens is 316 g/mol. The summed E-state index contributed by atoms with van der Waals surface area (Å²) in [5.41, 5.74) is 0.695. The zero-order valence-electron chi connectivity index (χ0n) is 12.9. The van der Waals surface area contributed by atoms with Crippen LogP contribution in [0.4, 0.5) is 0 Å². The molecule has 0 bridgehead atoms. The van der Waals surface area contributed by atoms with Crippen molar-refractivity contribution in [2.45, 2.75) is 12.5 Å². The van der Waals surface area contributed by atoms with Crippen LogP contribution in [0.1, 0.15) is 16.9 Å². The van der Waals surface area contributed by atoms with Crippen LogP contribution in [0.3, 0.4) is 0 Å². The van der Waals surface area contributed by atoms with Crippen molar-refractivity contribution in [3.8, 4) is 11.5 Å². The first-order valence-corrected chi connectivity index (χ1v) is 7.35. The maximum atomic E-state index is 12.7. The van der Waals surface area contributed by atoms with Gasteiger partial charge in [-0.1, -0.05) is 0 Å². The lowest BCUT2D eigenvalue weighted by atomic mass is 10.1. The number of amides is 2. The summed E-state index contributed by atoms with van der Waals surface area (Å²) in [5, 5.41) is 9.35. The van der Waals surface area contributed by atoms with Gasteiger partial charge in [0.2, 0.25) is 5.91 Å². The number of hydrogen-bond acceptors (Lipinski definition) is 6. The van der Waals surface area contributed by atoms with Crippen molar-refractivity contribution in [3.05, 3.63) is 30.2 Å². The molecule has 2 aromatic rings. The Bertz CT molecular complexity index is 752. The van der Waals surface area contributed by atoms with E-state index < -0.39 is 17.9 Å². The number of aromatic nitrogens is 2. The number of carbonyl (C=O) groups excluding carboxylic acids is 3. The lowest BCUT2D eigenvalue weighted by Gasteiger charge is -2.33. The molecule has 1 aliphatic rings. The summed E-state index contributed by atoms with van der Waals surface area (Å²) in [6, 6.07) is 4.08. The predicted octanol–water partition coefficient (Wildman–Crippen LogP) is 0.173. The standard InChI is InChI=1S/C15H16N4O5/c1-23-13(20)8-11-14(21)16-4-5-19(11)15(22)10-7-9(17-18-10)12-3-2-6-24-12/h2-3,6-7,11H,4-5,8H2,1H3,(H,16,21)(H,17,18). The van der Waals surface area contributed by atoms with Crippen LogP contribution in [0.2, 0.25) is 0 Å². The number of hydrogen-bond donors (Lipinski definition) is 2. The highest BCUT2D eigenvalue weighted by Crippen LogP contribution is 2.20. The highest BCUT2D eigenvalue weighted by atomic mass is 16.5. The minimum Gasteiger partial charge on any atom is -0.469 e. The second-order valence-electron chi connectivity index (χ2n) is 5.23. The van der Waals surface area contributed by atoms with Gasteiger partial charge in [0.15, 0.2) is 11.5 Å². The number of ether oxygens (including phenoxy) is 1. The van der Waals surface area contributed by atoms with E-state index in [-0.39, 0.29) is 24.6 Å². The van der Waals surface area contributed by atoms with Crippen LogP contribution in [0.15, 0.2) is 28.9 Å². The van der Waals surface area contributed by atoms with Crippen molar-refractivity contribution >= 4 is 17.8 Å². The van der Waals surface area contributed by atoms with Crippen LogP contribution in [0, 0.1) is 0 Å². The van der Waals surface area contributed by atoms with Gasteiger partial charge in [0.05, 0.1) is 19.8 Å². The molecule has 2 aromatic heterocycles. The first-order valence-electron chi connectivity index (χ1n) is 7.35. The van der Waals surface area contributed by atoms with Crippen LogP contribution in [-0.4, -0.2) is 59.1 Å². The summed E-state index contributed by atoms with van der Waals surface area (Å²) in [5.74, 6) is -0.841. The van der Waals surface area contributed by atoms with E-state index in [2.05, 4.69) is 20.3 Å². The Morgan fingerprint density at radius 2 is 2.33 bits per heavy atom. The van der Waals surface area contributed by atoms with Gasteiger partial charge in [0, 0.05) is 19.2 Å². The normalized spacial score (nSPS) is 17.5. The number of aromatic amines is 1. The molecule has 0 aromatic carbocycles. The van der Waals surface area contributed by atoms with Crippen molar-refractivity contribution in [1.29, 1.82) is 0 Å². The van der Waals surface area contributed by atoms with E-state index in [1.54, 1.807) is 18.2 Å². The molecule has 0 spiro atoms. The molecule has 0 radical (unpaired) electrons. The Balaban J connectivity index is 1.81. The maximum Gasteiger partial charge on any atom is 0.308 e. The van der Waals surface area contributed by atoms with Gasteiger partial charge in [-0.2, -0.15) is 5.10 Å². The van der Waals surface area contributed by atoms with Gasteiger partial charge in [-0.25, -0.2) is 0 Å². The average Bonchev–Trinajstić information content (AvgIpc) is 3.26. The number of rotatable bonds is 4. The lowest BCUT2D eigenvalue weighted by Crippen LogP contribution is -2.57. The Kier molecular flexibility index (Phi) is 4.32. The van der Waals surface area contributed by atoms with Gasteiger partial charge in [0.1, 0.15) is 11.7 Å². The second kappa shape index (κ2) is 6.57. The SMILES string of the molecule is COC(=O)CC1C(=O)NCCN1C(=O)c1cc(-c2ccco2)[nH]n1. The molecule has 1 aliphatic heterocycles. The summed E-state index contributed by atoms with van der Waals surface area (Å²) in [6.45, 7) is 0.604. The van der Waals surface area contributed by atoms with Crippen LogP contribution in [0.5, 0.6) is 0 Å². The molecule has 126 valence electrons. The Morgan fingerprint density at radius 1 is 1.50 bits per heavy atom. The third-order valence-electron chi connectivity index (χ3n) is 3.76. The van der Waals surface area contributed by atoms with Gasteiger partial charge in [-0.3, -0.25) is 19.5 Å². The molecule has 2 amide bonds. The first kappa shape index (κ1) is 15.8. The molecule has 9 nitrogen and oxygen atoms in total. The molecule has 0 saturated carbocycles. The van der Waals surface area contributed by atoms with Gasteiger partial charge in [-0.15, -0.1) is 0 Å². The van der Waals surface area contributed by atoms with Crippen molar-refractivity contribution in [3.63, 3.8) is 0 Å². The van der Waals surface area contributed by atoms with Crippen LogP contribution in [-0.2, 0) is 14.3 Å². The molecule has 1 atom stereocenters. The number of furan rings is 1. The number of esters is 1. The number of nitrogens with zero attached hydrogens (tertiary/aromatic N) is 2. The van der Waals surface area contributed by atoms with E-state index in [0.717, 1.165) is 0 Å². The summed E-state index contributed by atoms with van der Waals surface area (Å²) in [6.07, 6.45) is 1.31. The fourth-order valence-electron chi connectivity index (χ4n) is 2.54. The quantitative estimate of drug-likeness (QED) is 0.771. The smallest absolute Gasteiger partial charge is 0.308 e. The molecule has 1 saturated heterocycles. The molecule has 24 heavy (non-hydrogen) atoms. The number of nitrogens with one attached hydrogen (secondary N) is 2. The van der Waals surface area contributed by atoms with Gasteiger partial charge < -0.3 is 19.4 Å². The van der Waals surface area contributed by atoms with Crippen molar-refractivity contribution in [2.24, 2.45) is 0 Å². The summed E-state index contributed by atoms with van der Waals surface area (Å²) in [7, 11) is 1.23. The third-order valence-corrected chi connectivity index (χ3v) is 3.76. The number of methoxy groups -OCH3 is 1. The van der Waals surface area contributed by atoms with E-state index in [4.69, 9.17) is 4.42 Å². The van der Waals surface area contributed by atoms with E-state index in [9.17, 15) is 14.4 Å². The van der Waals surface area contributed by atoms with Gasteiger partial charge >= 0.3 is 5.97 Å². The topological polar surface area (TPSA) is 118 Å². The van der Waals surface area contributed by atoms with E-state index in [0.29, 0.717) is 18.0 Å². The zero-order valence-corrected chi connectivity index (χ0v) is 12.9. The van der Waals surface area contributed by atoms with Crippen LogP contribution >= 0.6 is 0 Å². The van der Waals surface area contributed by atoms with Crippen LogP contribution in [0.25, 0.3) is 11.5 Å². The van der Waals surface area contributed by atoms with E-state index in [1.165, 1.54) is 18.3 Å². The molecular formula is C15H16N4O5. The molecule has 1 unspecified atom stereocenters. The Labute approximate surface area is 137 Å². The average molecular weight is 332 g/mol. The molecule has 3 rings (SSSR count). The minimum atomic E-state index is -0.914. The third kappa shape index (κ3) is 3.00. The predicted molar refractivity (Wildman–Crippen MR) is 80.8 cm³/mol. The second-order valence-corrected chi connectivity index (χ2v) is 5.23. The van der Waals surface area contributed by atoms with E-state index in [1.807, 2.05) is 0 Å². The first-order chi connectivity index (χ1) is 11.6. The summed E-state index contributed by atoms with van der Waals surface area (Å²) >= 11 is 0. The molecule has 3 heterocycles. The molecule has 9 heteroatoms. The van der Waals surface area contributed by atoms with Crippen molar-refractivity contribution < 1.29 is 23.5 Å². The highest BCUT2D eigenvalue weighted by molar-refractivity contribution is 5.98. The highest BCUT2D eigenvalue weighted by Gasteiger charge is 2.36. The minimum absolute atomic E-state index is 0.144. The monoisotopic (exact) mass is 332 g/mol. The van der Waals surface area contributed by atoms with Crippen LogP contribution < -0.4 is 5.32 Å². The number of carbonyl (C=O) groups is 3. The van der Waals surface area contributed by atoms with E-state index >= 15 is 0 Å². The molecule has 0 aliphatic carbocycles. The Morgan fingerprint density at radius 3 is 3.04 bits per heavy atom. The fourth-order valence-corrected chi connectivity index (χ4v) is 2.54. The summed E-state index contributed by atoms with van der Waals surface area (Å²) < 4.78 is 9.84. The molecule has 2 N–H and O–H groups in total. The molecule has 1 fully saturated rings. The number of H-pyrrole nitrogens is 1. The number of piperazine rings is 1. The lowest BCUT2D eigenvalue weighted by molar-refractivity contribution is -0.145. The van der Waals surface area contributed by atoms with Gasteiger partial charge in [-0.05, 0) is 12.1 Å². The Hall–Kier alpha value is -3.10. The summed E-state index contributed by atoms with van der Waals surface area (Å²) in [4.78, 5) is 37.6. The largest absolute Gasteiger partial charge is 0.469 e. The fraction of sp³-hybridized carbons (Fsp3) is 0.333. The van der Waals surface area contributed by atoms with Crippen molar-refractivity contribution in [1.82, 2.24) is 20.4 Å². The maximum absolute atomic E-state index is 12.7. The van der Waals surface area contributed by atoms with Crippen molar-refractivity contribution in [2.75, 3.05) is 20.2 Å². The van der Waals surface area contributed by atoms with Gasteiger partial charge in [0.25, 0.3) is 5.91 Å².